The molecule has 0 saturated heterocycles. The molecular weight excluding hydrogens is 160 g/mol. The third-order valence-electron chi connectivity index (χ3n) is 2.69. The van der Waals surface area contributed by atoms with Gasteiger partial charge < -0.3 is 9.80 Å². The van der Waals surface area contributed by atoms with Crippen molar-refractivity contribution in [1.29, 1.82) is 0 Å². The first-order chi connectivity index (χ1) is 6.07. The fourth-order valence-electron chi connectivity index (χ4n) is 1.42. The summed E-state index contributed by atoms with van der Waals surface area (Å²) < 4.78 is 0. The fraction of sp³-hybridized carbons (Fsp3) is 1.00. The van der Waals surface area contributed by atoms with Gasteiger partial charge in [0.2, 0.25) is 0 Å². The van der Waals surface area contributed by atoms with Crippen LogP contribution in [0.15, 0.2) is 0 Å². The van der Waals surface area contributed by atoms with Crippen molar-refractivity contribution in [2.75, 3.05) is 34.7 Å². The second-order valence-corrected chi connectivity index (χ2v) is 4.30. The van der Waals surface area contributed by atoms with E-state index in [1.165, 1.54) is 25.7 Å². The van der Waals surface area contributed by atoms with Crippen molar-refractivity contribution < 1.29 is 0 Å². The van der Waals surface area contributed by atoms with E-state index in [0.717, 1.165) is 12.6 Å². The molecule has 1 aliphatic rings. The van der Waals surface area contributed by atoms with E-state index in [4.69, 9.17) is 0 Å². The number of nitrogens with zero attached hydrogens (tertiary/aromatic N) is 2. The first-order valence-corrected chi connectivity index (χ1v) is 5.39. The topological polar surface area (TPSA) is 6.48 Å². The molecule has 2 heteroatoms. The average molecular weight is 186 g/mol. The van der Waals surface area contributed by atoms with Crippen LogP contribution in [-0.2, 0) is 0 Å². The van der Waals surface area contributed by atoms with Crippen LogP contribution < -0.4 is 0 Å². The van der Waals surface area contributed by atoms with Gasteiger partial charge in [-0.3, -0.25) is 0 Å². The standard InChI is InChI=1S/C7H15N.C4H11N/c1-8(2)7-5-3-4-6-7;1-4-5(2)3/h7H,3-6H2,1-2H3;4H2,1-3H3. The van der Waals surface area contributed by atoms with Crippen LogP contribution in [0.25, 0.3) is 0 Å². The van der Waals surface area contributed by atoms with E-state index in [0.29, 0.717) is 0 Å². The van der Waals surface area contributed by atoms with E-state index in [9.17, 15) is 0 Å². The first kappa shape index (κ1) is 12.9. The van der Waals surface area contributed by atoms with E-state index >= 15 is 0 Å². The molecule has 1 fully saturated rings. The predicted molar refractivity (Wildman–Crippen MR) is 60.2 cm³/mol. The van der Waals surface area contributed by atoms with E-state index in [1.807, 2.05) is 0 Å². The molecule has 2 nitrogen and oxygen atoms in total. The van der Waals surface area contributed by atoms with Crippen LogP contribution in [0, 0.1) is 0 Å². The number of hydrogen-bond donors (Lipinski definition) is 0. The highest BCUT2D eigenvalue weighted by Crippen LogP contribution is 2.20. The van der Waals surface area contributed by atoms with Gasteiger partial charge in [-0.25, -0.2) is 0 Å². The van der Waals surface area contributed by atoms with Gasteiger partial charge in [0.1, 0.15) is 0 Å². The van der Waals surface area contributed by atoms with Gasteiger partial charge in [-0.05, 0) is 47.6 Å². The van der Waals surface area contributed by atoms with Crippen LogP contribution in [0.3, 0.4) is 0 Å². The van der Waals surface area contributed by atoms with Gasteiger partial charge in [-0.2, -0.15) is 0 Å². The van der Waals surface area contributed by atoms with Gasteiger partial charge in [0.15, 0.2) is 0 Å². The van der Waals surface area contributed by atoms with Crippen LogP contribution >= 0.6 is 0 Å². The molecule has 0 unspecified atom stereocenters. The summed E-state index contributed by atoms with van der Waals surface area (Å²) in [6.45, 7) is 3.26. The van der Waals surface area contributed by atoms with Crippen molar-refractivity contribution in [3.63, 3.8) is 0 Å². The van der Waals surface area contributed by atoms with E-state index in [2.05, 4.69) is 44.9 Å². The summed E-state index contributed by atoms with van der Waals surface area (Å²) in [7, 11) is 8.46. The van der Waals surface area contributed by atoms with Gasteiger partial charge in [0.25, 0.3) is 0 Å². The minimum Gasteiger partial charge on any atom is -0.310 e. The molecule has 1 aliphatic carbocycles. The van der Waals surface area contributed by atoms with Gasteiger partial charge >= 0.3 is 0 Å². The third kappa shape index (κ3) is 7.03. The lowest BCUT2D eigenvalue weighted by Crippen LogP contribution is -2.23. The Bertz CT molecular complexity index is 105. The molecule has 0 bridgehead atoms. The quantitative estimate of drug-likeness (QED) is 0.651. The normalized spacial score (nSPS) is 17.8. The van der Waals surface area contributed by atoms with E-state index in [-0.39, 0.29) is 0 Å². The zero-order chi connectivity index (χ0) is 10.3. The Balaban J connectivity index is 0.000000252. The first-order valence-electron chi connectivity index (χ1n) is 5.39. The van der Waals surface area contributed by atoms with Gasteiger partial charge in [-0.15, -0.1) is 0 Å². The second-order valence-electron chi connectivity index (χ2n) is 4.30. The van der Waals surface area contributed by atoms with Crippen molar-refractivity contribution >= 4 is 0 Å². The molecule has 0 heterocycles. The van der Waals surface area contributed by atoms with Crippen molar-refractivity contribution in [2.45, 2.75) is 38.6 Å². The molecule has 0 amide bonds. The lowest BCUT2D eigenvalue weighted by molar-refractivity contribution is 0.299. The molecular formula is C11H26N2. The summed E-state index contributed by atoms with van der Waals surface area (Å²) in [4.78, 5) is 4.47. The Hall–Kier alpha value is -0.0800. The number of hydrogen-bond acceptors (Lipinski definition) is 2. The van der Waals surface area contributed by atoms with Crippen molar-refractivity contribution in [3.05, 3.63) is 0 Å². The zero-order valence-electron chi connectivity index (χ0n) is 10.0. The molecule has 80 valence electrons. The molecule has 0 aliphatic heterocycles. The summed E-state index contributed by atoms with van der Waals surface area (Å²) in [5.74, 6) is 0. The summed E-state index contributed by atoms with van der Waals surface area (Å²) in [5, 5.41) is 0. The summed E-state index contributed by atoms with van der Waals surface area (Å²) in [5.41, 5.74) is 0. The Morgan fingerprint density at radius 2 is 1.38 bits per heavy atom. The summed E-state index contributed by atoms with van der Waals surface area (Å²) in [6.07, 6.45) is 5.74. The lowest BCUT2D eigenvalue weighted by atomic mass is 10.2. The molecule has 0 atom stereocenters. The van der Waals surface area contributed by atoms with Crippen molar-refractivity contribution in [1.82, 2.24) is 9.80 Å². The van der Waals surface area contributed by atoms with Crippen LogP contribution in [0.4, 0.5) is 0 Å². The SMILES string of the molecule is CCN(C)C.CN(C)C1CCCC1. The fourth-order valence-corrected chi connectivity index (χ4v) is 1.42. The summed E-state index contributed by atoms with van der Waals surface area (Å²) in [6, 6.07) is 0.898. The Morgan fingerprint density at radius 3 is 1.54 bits per heavy atom. The second kappa shape index (κ2) is 7.34. The molecule has 0 aromatic heterocycles. The molecule has 0 aromatic carbocycles. The monoisotopic (exact) mass is 186 g/mol. The third-order valence-corrected chi connectivity index (χ3v) is 2.69. The summed E-state index contributed by atoms with van der Waals surface area (Å²) >= 11 is 0. The van der Waals surface area contributed by atoms with Crippen LogP contribution in [0.5, 0.6) is 0 Å². The zero-order valence-corrected chi connectivity index (χ0v) is 10.0. The molecule has 0 aromatic rings. The maximum Gasteiger partial charge on any atom is 0.00891 e. The smallest absolute Gasteiger partial charge is 0.00891 e. The van der Waals surface area contributed by atoms with Gasteiger partial charge in [0.05, 0.1) is 0 Å². The van der Waals surface area contributed by atoms with Gasteiger partial charge in [-0.1, -0.05) is 19.8 Å². The van der Waals surface area contributed by atoms with Crippen molar-refractivity contribution in [3.8, 4) is 0 Å². The largest absolute Gasteiger partial charge is 0.310 e. The lowest BCUT2D eigenvalue weighted by Gasteiger charge is -2.17. The van der Waals surface area contributed by atoms with E-state index in [1.54, 1.807) is 0 Å². The minimum atomic E-state index is 0.898. The number of rotatable bonds is 2. The van der Waals surface area contributed by atoms with Crippen LogP contribution in [-0.4, -0.2) is 50.6 Å². The maximum atomic E-state index is 2.34. The molecule has 1 rings (SSSR count). The highest BCUT2D eigenvalue weighted by atomic mass is 15.1. The molecule has 13 heavy (non-hydrogen) atoms. The Labute approximate surface area is 83.9 Å². The maximum absolute atomic E-state index is 2.34. The van der Waals surface area contributed by atoms with Crippen molar-refractivity contribution in [2.24, 2.45) is 0 Å². The highest BCUT2D eigenvalue weighted by molar-refractivity contribution is 4.72. The average Bonchev–Trinajstić information content (AvgIpc) is 2.57. The van der Waals surface area contributed by atoms with Crippen LogP contribution in [0.2, 0.25) is 0 Å². The predicted octanol–water partition coefficient (Wildman–Crippen LogP) is 2.06. The van der Waals surface area contributed by atoms with E-state index < -0.39 is 0 Å². The molecule has 1 saturated carbocycles. The highest BCUT2D eigenvalue weighted by Gasteiger charge is 2.15. The Morgan fingerprint density at radius 1 is 1.00 bits per heavy atom. The Kier molecular flexibility index (Phi) is 7.29. The minimum absolute atomic E-state index is 0.898. The van der Waals surface area contributed by atoms with Crippen LogP contribution in [0.1, 0.15) is 32.6 Å². The molecule has 0 spiro atoms. The molecule has 0 N–H and O–H groups in total. The van der Waals surface area contributed by atoms with Gasteiger partial charge in [0, 0.05) is 6.04 Å². The molecule has 0 radical (unpaired) electrons.